The number of fused-ring (bicyclic) bond motifs is 1. The molecule has 2 heterocycles. The molecule has 1 fully saturated rings. The molecule has 3 aromatic rings. The minimum atomic E-state index is -0.258. The lowest BCUT2D eigenvalue weighted by Gasteiger charge is -2.34. The zero-order chi connectivity index (χ0) is 19.7. The fourth-order valence-corrected chi connectivity index (χ4v) is 4.31. The van der Waals surface area contributed by atoms with Gasteiger partial charge in [0.25, 0.3) is 5.91 Å². The Balaban J connectivity index is 1.46. The Labute approximate surface area is 166 Å². The molecule has 1 aliphatic heterocycles. The number of ether oxygens (including phenoxy) is 2. The van der Waals surface area contributed by atoms with Gasteiger partial charge in [0.2, 0.25) is 0 Å². The number of benzene rings is 2. The maximum Gasteiger partial charge on any atom is 0.257 e. The van der Waals surface area contributed by atoms with Crippen molar-refractivity contribution in [2.75, 3.05) is 45.3 Å². The van der Waals surface area contributed by atoms with Crippen LogP contribution in [0.2, 0.25) is 0 Å². The lowest BCUT2D eigenvalue weighted by Crippen LogP contribution is -2.48. The molecule has 0 N–H and O–H groups in total. The second kappa shape index (κ2) is 7.63. The predicted molar refractivity (Wildman–Crippen MR) is 107 cm³/mol. The maximum atomic E-state index is 13.4. The summed E-state index contributed by atoms with van der Waals surface area (Å²) < 4.78 is 24.8. The van der Waals surface area contributed by atoms with Crippen LogP contribution in [-0.4, -0.2) is 56.2 Å². The third-order valence-corrected chi connectivity index (χ3v) is 5.89. The van der Waals surface area contributed by atoms with E-state index in [2.05, 4.69) is 9.88 Å². The number of amides is 1. The molecule has 1 aliphatic rings. The topological polar surface area (TPSA) is 54.9 Å². The number of anilines is 1. The Bertz CT molecular complexity index is 1020. The Morgan fingerprint density at radius 3 is 2.57 bits per heavy atom. The molecule has 2 aromatic carbocycles. The fraction of sp³-hybridized carbons (Fsp3) is 0.300. The minimum absolute atomic E-state index is 0.0643. The molecule has 28 heavy (non-hydrogen) atoms. The van der Waals surface area contributed by atoms with E-state index in [-0.39, 0.29) is 11.7 Å². The van der Waals surface area contributed by atoms with Crippen molar-refractivity contribution in [2.45, 2.75) is 0 Å². The van der Waals surface area contributed by atoms with Crippen LogP contribution in [0.1, 0.15) is 10.4 Å². The van der Waals surface area contributed by atoms with Gasteiger partial charge < -0.3 is 19.3 Å². The molecule has 8 heteroatoms. The van der Waals surface area contributed by atoms with E-state index in [4.69, 9.17) is 9.47 Å². The van der Waals surface area contributed by atoms with Crippen molar-refractivity contribution in [1.29, 1.82) is 0 Å². The van der Waals surface area contributed by atoms with E-state index in [1.54, 1.807) is 38.5 Å². The number of carbonyl (C=O) groups excluding carboxylic acids is 1. The zero-order valence-electron chi connectivity index (χ0n) is 15.6. The molecule has 0 saturated carbocycles. The van der Waals surface area contributed by atoms with E-state index in [1.165, 1.54) is 23.5 Å². The van der Waals surface area contributed by atoms with Crippen molar-refractivity contribution in [1.82, 2.24) is 9.88 Å². The van der Waals surface area contributed by atoms with Crippen LogP contribution in [0.3, 0.4) is 0 Å². The predicted octanol–water partition coefficient (Wildman–Crippen LogP) is 3.42. The van der Waals surface area contributed by atoms with Gasteiger partial charge in [0, 0.05) is 32.2 Å². The molecule has 1 amide bonds. The summed E-state index contributed by atoms with van der Waals surface area (Å²) in [6, 6.07) is 9.82. The van der Waals surface area contributed by atoms with Crippen molar-refractivity contribution in [3.8, 4) is 11.5 Å². The van der Waals surface area contributed by atoms with Gasteiger partial charge in [-0.1, -0.05) is 11.3 Å². The summed E-state index contributed by atoms with van der Waals surface area (Å²) >= 11 is 1.47. The lowest BCUT2D eigenvalue weighted by atomic mass is 10.1. The third-order valence-electron chi connectivity index (χ3n) is 4.82. The van der Waals surface area contributed by atoms with Crippen LogP contribution < -0.4 is 14.4 Å². The zero-order valence-corrected chi connectivity index (χ0v) is 16.5. The second-order valence-electron chi connectivity index (χ2n) is 6.45. The Morgan fingerprint density at radius 2 is 1.86 bits per heavy atom. The number of aromatic nitrogens is 1. The molecule has 0 radical (unpaired) electrons. The maximum absolute atomic E-state index is 13.4. The van der Waals surface area contributed by atoms with Crippen molar-refractivity contribution in [3.05, 3.63) is 47.8 Å². The molecular weight excluding hydrogens is 381 g/mol. The van der Waals surface area contributed by atoms with Gasteiger partial charge in [-0.25, -0.2) is 9.37 Å². The SMILES string of the molecule is COc1ccc(C(=O)N2CCN(c3nc4ccc(F)cc4s3)CC2)c(OC)c1. The third kappa shape index (κ3) is 3.47. The fourth-order valence-electron chi connectivity index (χ4n) is 3.27. The van der Waals surface area contributed by atoms with Crippen LogP contribution in [0.15, 0.2) is 36.4 Å². The van der Waals surface area contributed by atoms with Crippen LogP contribution in [0.4, 0.5) is 9.52 Å². The quantitative estimate of drug-likeness (QED) is 0.671. The first-order chi connectivity index (χ1) is 13.6. The molecule has 6 nitrogen and oxygen atoms in total. The molecule has 0 aliphatic carbocycles. The summed E-state index contributed by atoms with van der Waals surface area (Å²) in [5, 5.41) is 0.856. The van der Waals surface area contributed by atoms with Crippen LogP contribution in [-0.2, 0) is 0 Å². The van der Waals surface area contributed by atoms with Gasteiger partial charge in [0.05, 0.1) is 30.0 Å². The number of thiazole rings is 1. The smallest absolute Gasteiger partial charge is 0.257 e. The van der Waals surface area contributed by atoms with Crippen molar-refractivity contribution in [3.63, 3.8) is 0 Å². The lowest BCUT2D eigenvalue weighted by molar-refractivity contribution is 0.0743. The molecule has 0 spiro atoms. The summed E-state index contributed by atoms with van der Waals surface area (Å²) in [7, 11) is 3.12. The van der Waals surface area contributed by atoms with E-state index in [9.17, 15) is 9.18 Å². The first-order valence-corrected chi connectivity index (χ1v) is 9.73. The number of rotatable bonds is 4. The van der Waals surface area contributed by atoms with Gasteiger partial charge in [-0.15, -0.1) is 0 Å². The highest BCUT2D eigenvalue weighted by Crippen LogP contribution is 2.31. The summed E-state index contributed by atoms with van der Waals surface area (Å²) in [6.07, 6.45) is 0. The Hall–Kier alpha value is -2.87. The molecular formula is C20H20FN3O3S. The molecule has 0 bridgehead atoms. The highest BCUT2D eigenvalue weighted by molar-refractivity contribution is 7.22. The van der Waals surface area contributed by atoms with Gasteiger partial charge in [0.1, 0.15) is 17.3 Å². The average molecular weight is 401 g/mol. The van der Waals surface area contributed by atoms with Gasteiger partial charge in [-0.2, -0.15) is 0 Å². The van der Waals surface area contributed by atoms with Gasteiger partial charge in [0.15, 0.2) is 5.13 Å². The standard InChI is InChI=1S/C20H20FN3O3S/c1-26-14-4-5-15(17(12-14)27-2)19(25)23-7-9-24(10-8-23)20-22-16-6-3-13(21)11-18(16)28-20/h3-6,11-12H,7-10H2,1-2H3. The van der Waals surface area contributed by atoms with Gasteiger partial charge in [-0.3, -0.25) is 4.79 Å². The first-order valence-electron chi connectivity index (χ1n) is 8.91. The summed E-state index contributed by atoms with van der Waals surface area (Å²) in [5.74, 6) is 0.822. The number of nitrogens with zero attached hydrogens (tertiary/aromatic N) is 3. The number of carbonyl (C=O) groups is 1. The van der Waals surface area contributed by atoms with E-state index in [1.807, 2.05) is 4.90 Å². The molecule has 4 rings (SSSR count). The number of halogens is 1. The van der Waals surface area contributed by atoms with E-state index >= 15 is 0 Å². The summed E-state index contributed by atoms with van der Waals surface area (Å²) in [4.78, 5) is 21.5. The highest BCUT2D eigenvalue weighted by Gasteiger charge is 2.26. The average Bonchev–Trinajstić information content (AvgIpc) is 3.16. The van der Waals surface area contributed by atoms with Crippen LogP contribution >= 0.6 is 11.3 Å². The Morgan fingerprint density at radius 1 is 1.07 bits per heavy atom. The van der Waals surface area contributed by atoms with Crippen molar-refractivity contribution in [2.24, 2.45) is 0 Å². The van der Waals surface area contributed by atoms with E-state index in [0.717, 1.165) is 15.3 Å². The molecule has 0 unspecified atom stereocenters. The molecule has 1 aromatic heterocycles. The molecule has 0 atom stereocenters. The molecule has 146 valence electrons. The number of hydrogen-bond donors (Lipinski definition) is 0. The van der Waals surface area contributed by atoms with Crippen LogP contribution in [0, 0.1) is 5.82 Å². The van der Waals surface area contributed by atoms with Crippen LogP contribution in [0.5, 0.6) is 11.5 Å². The Kier molecular flexibility index (Phi) is 5.04. The van der Waals surface area contributed by atoms with Crippen molar-refractivity contribution < 1.29 is 18.7 Å². The summed E-state index contributed by atoms with van der Waals surface area (Å²) in [6.45, 7) is 2.51. The minimum Gasteiger partial charge on any atom is -0.497 e. The number of methoxy groups -OCH3 is 2. The van der Waals surface area contributed by atoms with Gasteiger partial charge in [-0.05, 0) is 30.3 Å². The molecule has 1 saturated heterocycles. The normalized spacial score (nSPS) is 14.4. The van der Waals surface area contributed by atoms with Crippen molar-refractivity contribution >= 4 is 32.6 Å². The van der Waals surface area contributed by atoms with E-state index in [0.29, 0.717) is 43.2 Å². The monoisotopic (exact) mass is 401 g/mol. The van der Waals surface area contributed by atoms with Crippen LogP contribution in [0.25, 0.3) is 10.2 Å². The summed E-state index contributed by atoms with van der Waals surface area (Å²) in [5.41, 5.74) is 1.31. The van der Waals surface area contributed by atoms with Gasteiger partial charge >= 0.3 is 0 Å². The highest BCUT2D eigenvalue weighted by atomic mass is 32.1. The number of piperazine rings is 1. The van der Waals surface area contributed by atoms with E-state index < -0.39 is 0 Å². The largest absolute Gasteiger partial charge is 0.497 e. The second-order valence-corrected chi connectivity index (χ2v) is 7.46. The first kappa shape index (κ1) is 18.5. The number of hydrogen-bond acceptors (Lipinski definition) is 6.